The highest BCUT2D eigenvalue weighted by Gasteiger charge is 2.36. The van der Waals surface area contributed by atoms with Gasteiger partial charge in [0.25, 0.3) is 5.91 Å². The predicted octanol–water partition coefficient (Wildman–Crippen LogP) is 2.43. The van der Waals surface area contributed by atoms with Crippen LogP contribution in [-0.2, 0) is 0 Å². The summed E-state index contributed by atoms with van der Waals surface area (Å²) in [5, 5.41) is 21.2. The number of aliphatic hydroxyl groups excluding tert-OH is 2. The number of halogens is 1. The van der Waals surface area contributed by atoms with Gasteiger partial charge in [-0.15, -0.1) is 0 Å². The number of carbonyl (C=O) groups is 1. The number of nitrogens with zero attached hydrogens (tertiary/aromatic N) is 1. The van der Waals surface area contributed by atoms with Crippen molar-refractivity contribution in [3.63, 3.8) is 0 Å². The fourth-order valence-corrected chi connectivity index (χ4v) is 3.18. The van der Waals surface area contributed by atoms with Crippen LogP contribution in [0.3, 0.4) is 0 Å². The summed E-state index contributed by atoms with van der Waals surface area (Å²) in [5.74, 6) is -0.113. The summed E-state index contributed by atoms with van der Waals surface area (Å²) in [4.78, 5) is 14.0. The average Bonchev–Trinajstić information content (AvgIpc) is 2.91. The Balaban J connectivity index is 1.85. The number of hydrogen-bond acceptors (Lipinski definition) is 4. The first-order chi connectivity index (χ1) is 10.5. The number of carbonyl (C=O) groups excluding carboxylic acids is 1. The van der Waals surface area contributed by atoms with Crippen molar-refractivity contribution in [3.05, 3.63) is 35.0 Å². The Bertz CT molecular complexity index is 699. The van der Waals surface area contributed by atoms with Crippen LogP contribution in [0.4, 0.5) is 0 Å². The van der Waals surface area contributed by atoms with Gasteiger partial charge in [0, 0.05) is 17.5 Å². The van der Waals surface area contributed by atoms with E-state index in [1.54, 1.807) is 31.3 Å². The summed E-state index contributed by atoms with van der Waals surface area (Å²) in [6, 6.07) is 6.38. The molecule has 1 aromatic heterocycles. The van der Waals surface area contributed by atoms with Crippen molar-refractivity contribution < 1.29 is 19.4 Å². The third kappa shape index (κ3) is 2.72. The van der Waals surface area contributed by atoms with E-state index in [4.69, 9.17) is 16.0 Å². The van der Waals surface area contributed by atoms with Gasteiger partial charge in [-0.2, -0.15) is 0 Å². The van der Waals surface area contributed by atoms with Crippen molar-refractivity contribution in [3.8, 4) is 0 Å². The van der Waals surface area contributed by atoms with E-state index in [0.29, 0.717) is 23.4 Å². The van der Waals surface area contributed by atoms with Crippen LogP contribution in [0.2, 0.25) is 5.02 Å². The third-order valence-corrected chi connectivity index (χ3v) is 4.53. The van der Waals surface area contributed by atoms with Crippen LogP contribution in [-0.4, -0.2) is 46.3 Å². The van der Waals surface area contributed by atoms with Gasteiger partial charge in [0.05, 0.1) is 12.1 Å². The summed E-state index contributed by atoms with van der Waals surface area (Å²) >= 11 is 5.93. The number of benzene rings is 1. The molecule has 1 amide bonds. The Hall–Kier alpha value is -1.56. The monoisotopic (exact) mass is 323 g/mol. The highest BCUT2D eigenvalue weighted by Crippen LogP contribution is 2.27. The van der Waals surface area contributed by atoms with E-state index in [2.05, 4.69) is 0 Å². The average molecular weight is 324 g/mol. The molecule has 1 heterocycles. The predicted molar refractivity (Wildman–Crippen MR) is 83.0 cm³/mol. The summed E-state index contributed by atoms with van der Waals surface area (Å²) in [6.07, 6.45) is 0.274. The standard InChI is InChI=1S/C16H18ClNO4/c1-18(11-3-2-4-12(19)15(11)20)16(21)14-8-9-7-10(17)5-6-13(9)22-14/h5-8,11-12,15,19-20H,2-4H2,1H3/t11-,12-,15-/m1/s1. The minimum absolute atomic E-state index is 0.201. The van der Waals surface area contributed by atoms with Gasteiger partial charge in [-0.1, -0.05) is 11.6 Å². The molecule has 2 N–H and O–H groups in total. The van der Waals surface area contributed by atoms with Crippen LogP contribution < -0.4 is 0 Å². The Morgan fingerprint density at radius 2 is 2.09 bits per heavy atom. The fraction of sp³-hybridized carbons (Fsp3) is 0.438. The fourth-order valence-electron chi connectivity index (χ4n) is 3.00. The third-order valence-electron chi connectivity index (χ3n) is 4.30. The minimum Gasteiger partial charge on any atom is -0.451 e. The van der Waals surface area contributed by atoms with E-state index in [1.807, 2.05) is 0 Å². The molecule has 0 unspecified atom stereocenters. The van der Waals surface area contributed by atoms with Gasteiger partial charge in [-0.25, -0.2) is 0 Å². The van der Waals surface area contributed by atoms with E-state index in [0.717, 1.165) is 11.8 Å². The highest BCUT2D eigenvalue weighted by atomic mass is 35.5. The summed E-state index contributed by atoms with van der Waals surface area (Å²) in [5.41, 5.74) is 0.588. The number of furan rings is 1. The van der Waals surface area contributed by atoms with Crippen LogP contribution in [0.5, 0.6) is 0 Å². The van der Waals surface area contributed by atoms with Gasteiger partial charge in [0.15, 0.2) is 5.76 Å². The van der Waals surface area contributed by atoms with Crippen molar-refractivity contribution in [1.82, 2.24) is 4.90 Å². The van der Waals surface area contributed by atoms with E-state index in [1.165, 1.54) is 4.90 Å². The SMILES string of the molecule is CN(C(=O)c1cc2cc(Cl)ccc2o1)[C@@H]1CCC[C@@H](O)[C@@H]1O. The van der Waals surface area contributed by atoms with Crippen molar-refractivity contribution in [2.75, 3.05) is 7.05 Å². The molecule has 118 valence electrons. The molecular weight excluding hydrogens is 306 g/mol. The van der Waals surface area contributed by atoms with E-state index < -0.39 is 18.2 Å². The first-order valence-electron chi connectivity index (χ1n) is 7.30. The van der Waals surface area contributed by atoms with Gasteiger partial charge in [-0.05, 0) is 43.5 Å². The topological polar surface area (TPSA) is 73.9 Å². The van der Waals surface area contributed by atoms with Crippen molar-refractivity contribution in [2.45, 2.75) is 37.5 Å². The lowest BCUT2D eigenvalue weighted by atomic mass is 9.89. The molecule has 1 aliphatic rings. The highest BCUT2D eigenvalue weighted by molar-refractivity contribution is 6.31. The van der Waals surface area contributed by atoms with Crippen LogP contribution in [0, 0.1) is 0 Å². The Morgan fingerprint density at radius 1 is 1.32 bits per heavy atom. The second-order valence-electron chi connectivity index (χ2n) is 5.77. The summed E-state index contributed by atoms with van der Waals surface area (Å²) in [6.45, 7) is 0. The molecule has 0 spiro atoms. The maximum absolute atomic E-state index is 12.6. The molecule has 2 aromatic rings. The van der Waals surface area contributed by atoms with E-state index in [-0.39, 0.29) is 11.7 Å². The maximum Gasteiger partial charge on any atom is 0.289 e. The molecule has 1 saturated carbocycles. The smallest absolute Gasteiger partial charge is 0.289 e. The normalized spacial score (nSPS) is 25.4. The second-order valence-corrected chi connectivity index (χ2v) is 6.20. The molecule has 0 saturated heterocycles. The maximum atomic E-state index is 12.6. The van der Waals surface area contributed by atoms with Crippen LogP contribution in [0.15, 0.2) is 28.7 Å². The lowest BCUT2D eigenvalue weighted by molar-refractivity contribution is -0.0530. The number of hydrogen-bond donors (Lipinski definition) is 2. The number of amides is 1. The van der Waals surface area contributed by atoms with Crippen molar-refractivity contribution in [2.24, 2.45) is 0 Å². The number of rotatable bonds is 2. The lowest BCUT2D eigenvalue weighted by Gasteiger charge is -2.37. The van der Waals surface area contributed by atoms with E-state index in [9.17, 15) is 15.0 Å². The van der Waals surface area contributed by atoms with Gasteiger partial charge >= 0.3 is 0 Å². The lowest BCUT2D eigenvalue weighted by Crippen LogP contribution is -2.51. The zero-order valence-electron chi connectivity index (χ0n) is 12.2. The first-order valence-corrected chi connectivity index (χ1v) is 7.67. The minimum atomic E-state index is -0.929. The zero-order valence-corrected chi connectivity index (χ0v) is 13.0. The Morgan fingerprint density at radius 3 is 2.86 bits per heavy atom. The number of fused-ring (bicyclic) bond motifs is 1. The molecule has 0 radical (unpaired) electrons. The van der Waals surface area contributed by atoms with Crippen LogP contribution in [0.1, 0.15) is 29.8 Å². The molecule has 0 bridgehead atoms. The molecule has 1 aliphatic carbocycles. The molecule has 5 nitrogen and oxygen atoms in total. The summed E-state index contributed by atoms with van der Waals surface area (Å²) in [7, 11) is 1.62. The van der Waals surface area contributed by atoms with Crippen LogP contribution >= 0.6 is 11.6 Å². The van der Waals surface area contributed by atoms with Crippen LogP contribution in [0.25, 0.3) is 11.0 Å². The molecule has 1 fully saturated rings. The van der Waals surface area contributed by atoms with Gasteiger partial charge in [0.2, 0.25) is 0 Å². The summed E-state index contributed by atoms with van der Waals surface area (Å²) < 4.78 is 5.56. The molecule has 6 heteroatoms. The van der Waals surface area contributed by atoms with Crippen molar-refractivity contribution in [1.29, 1.82) is 0 Å². The molecular formula is C16H18ClNO4. The molecule has 3 atom stereocenters. The zero-order chi connectivity index (χ0) is 15.9. The molecule has 22 heavy (non-hydrogen) atoms. The van der Waals surface area contributed by atoms with Gasteiger partial charge in [0.1, 0.15) is 11.7 Å². The van der Waals surface area contributed by atoms with Gasteiger partial charge < -0.3 is 19.5 Å². The quantitative estimate of drug-likeness (QED) is 0.890. The first kappa shape index (κ1) is 15.3. The largest absolute Gasteiger partial charge is 0.451 e. The van der Waals surface area contributed by atoms with Crippen molar-refractivity contribution >= 4 is 28.5 Å². The Kier molecular flexibility index (Phi) is 4.12. The molecule has 3 rings (SSSR count). The van der Waals surface area contributed by atoms with E-state index >= 15 is 0 Å². The Labute approximate surface area is 133 Å². The van der Waals surface area contributed by atoms with Gasteiger partial charge in [-0.3, -0.25) is 4.79 Å². The molecule has 0 aliphatic heterocycles. The number of likely N-dealkylation sites (N-methyl/N-ethyl adjacent to an activating group) is 1. The number of aliphatic hydroxyl groups is 2. The second kappa shape index (κ2) is 5.91. The molecule has 1 aromatic carbocycles.